The Labute approximate surface area is 100 Å². The molecule has 0 atom stereocenters. The number of anilines is 2. The van der Waals surface area contributed by atoms with Crippen LogP contribution in [-0.2, 0) is 6.54 Å². The highest BCUT2D eigenvalue weighted by molar-refractivity contribution is 5.62. The van der Waals surface area contributed by atoms with Crippen LogP contribution in [0.5, 0.6) is 0 Å². The second-order valence-electron chi connectivity index (χ2n) is 4.15. The molecule has 2 N–H and O–H groups in total. The predicted molar refractivity (Wildman–Crippen MR) is 66.7 cm³/mol. The Kier molecular flexibility index (Phi) is 2.99. The normalized spacial score (nSPS) is 10.5. The van der Waals surface area contributed by atoms with Crippen LogP contribution >= 0.6 is 0 Å². The second kappa shape index (κ2) is 4.45. The number of nitrogens with zero attached hydrogens (tertiary/aromatic N) is 3. The van der Waals surface area contributed by atoms with Crippen LogP contribution in [-0.4, -0.2) is 17.2 Å². The average molecular weight is 232 g/mol. The zero-order chi connectivity index (χ0) is 12.4. The molecule has 2 aromatic rings. The molecule has 0 amide bonds. The van der Waals surface area contributed by atoms with Gasteiger partial charge < -0.3 is 15.2 Å². The van der Waals surface area contributed by atoms with Crippen molar-refractivity contribution < 1.29 is 4.52 Å². The van der Waals surface area contributed by atoms with Gasteiger partial charge in [0.1, 0.15) is 11.5 Å². The molecule has 0 aliphatic heterocycles. The molecule has 5 nitrogen and oxygen atoms in total. The van der Waals surface area contributed by atoms with Crippen LogP contribution in [0.3, 0.4) is 0 Å². The molecule has 0 unspecified atom stereocenters. The Balaban J connectivity index is 2.19. The first-order valence-electron chi connectivity index (χ1n) is 5.42. The lowest BCUT2D eigenvalue weighted by atomic mass is 10.3. The smallest absolute Gasteiger partial charge is 0.152 e. The summed E-state index contributed by atoms with van der Waals surface area (Å²) in [5.74, 6) is 1.57. The Morgan fingerprint density at radius 3 is 2.76 bits per heavy atom. The van der Waals surface area contributed by atoms with Crippen LogP contribution in [0.1, 0.15) is 17.1 Å². The van der Waals surface area contributed by atoms with Crippen molar-refractivity contribution in [3.05, 3.63) is 35.3 Å². The van der Waals surface area contributed by atoms with E-state index in [0.717, 1.165) is 23.0 Å². The van der Waals surface area contributed by atoms with E-state index >= 15 is 0 Å². The van der Waals surface area contributed by atoms with Gasteiger partial charge in [0.25, 0.3) is 0 Å². The lowest BCUT2D eigenvalue weighted by Crippen LogP contribution is -2.19. The number of pyridine rings is 1. The van der Waals surface area contributed by atoms with E-state index in [1.54, 1.807) is 0 Å². The summed E-state index contributed by atoms with van der Waals surface area (Å²) in [6.07, 6.45) is 0. The van der Waals surface area contributed by atoms with E-state index in [1.807, 2.05) is 44.0 Å². The monoisotopic (exact) mass is 232 g/mol. The Hall–Kier alpha value is -2.04. The molecule has 2 heterocycles. The van der Waals surface area contributed by atoms with Crippen molar-refractivity contribution >= 4 is 11.5 Å². The van der Waals surface area contributed by atoms with Crippen molar-refractivity contribution in [2.24, 2.45) is 0 Å². The predicted octanol–water partition coefficient (Wildman–Crippen LogP) is 1.91. The van der Waals surface area contributed by atoms with Gasteiger partial charge in [0.2, 0.25) is 0 Å². The molecule has 0 saturated heterocycles. The van der Waals surface area contributed by atoms with E-state index in [9.17, 15) is 0 Å². The number of rotatable bonds is 3. The van der Waals surface area contributed by atoms with Gasteiger partial charge in [-0.1, -0.05) is 5.16 Å². The Morgan fingerprint density at radius 1 is 1.35 bits per heavy atom. The molecule has 0 aliphatic rings. The summed E-state index contributed by atoms with van der Waals surface area (Å²) in [4.78, 5) is 6.38. The summed E-state index contributed by atoms with van der Waals surface area (Å²) in [6.45, 7) is 4.44. The van der Waals surface area contributed by atoms with Crippen molar-refractivity contribution in [1.82, 2.24) is 10.1 Å². The molecule has 0 bridgehead atoms. The average Bonchev–Trinajstić information content (AvgIpc) is 2.67. The number of nitrogen functional groups attached to an aromatic ring is 1. The molecule has 0 aliphatic carbocycles. The standard InChI is InChI=1S/C12H16N4O/c1-8-4-5-11(13)12(14-8)16(3)7-10-6-9(2)17-15-10/h4-6H,7,13H2,1-3H3. The third-order valence-electron chi connectivity index (χ3n) is 2.48. The highest BCUT2D eigenvalue weighted by atomic mass is 16.5. The Morgan fingerprint density at radius 2 is 2.12 bits per heavy atom. The molecule has 2 aromatic heterocycles. The van der Waals surface area contributed by atoms with Gasteiger partial charge in [-0.05, 0) is 26.0 Å². The van der Waals surface area contributed by atoms with Crippen LogP contribution in [0.15, 0.2) is 22.7 Å². The van der Waals surface area contributed by atoms with Crippen molar-refractivity contribution in [3.8, 4) is 0 Å². The van der Waals surface area contributed by atoms with Crippen LogP contribution in [0, 0.1) is 13.8 Å². The molecule has 0 radical (unpaired) electrons. The molecule has 5 heteroatoms. The van der Waals surface area contributed by atoms with Crippen LogP contribution < -0.4 is 10.6 Å². The molecule has 0 spiro atoms. The first-order valence-corrected chi connectivity index (χ1v) is 5.42. The molecular formula is C12H16N4O. The number of hydrogen-bond acceptors (Lipinski definition) is 5. The zero-order valence-electron chi connectivity index (χ0n) is 10.3. The summed E-state index contributed by atoms with van der Waals surface area (Å²) < 4.78 is 5.03. The molecular weight excluding hydrogens is 216 g/mol. The van der Waals surface area contributed by atoms with Gasteiger partial charge in [-0.25, -0.2) is 4.98 Å². The lowest BCUT2D eigenvalue weighted by molar-refractivity contribution is 0.390. The Bertz CT molecular complexity index is 521. The first-order chi connectivity index (χ1) is 8.06. The van der Waals surface area contributed by atoms with Gasteiger partial charge in [0, 0.05) is 18.8 Å². The van der Waals surface area contributed by atoms with Crippen molar-refractivity contribution in [3.63, 3.8) is 0 Å². The summed E-state index contributed by atoms with van der Waals surface area (Å²) in [7, 11) is 1.93. The van der Waals surface area contributed by atoms with Crippen LogP contribution in [0.4, 0.5) is 11.5 Å². The van der Waals surface area contributed by atoms with E-state index < -0.39 is 0 Å². The van der Waals surface area contributed by atoms with Crippen molar-refractivity contribution in [1.29, 1.82) is 0 Å². The number of aryl methyl sites for hydroxylation is 2. The highest BCUT2D eigenvalue weighted by Crippen LogP contribution is 2.20. The number of hydrogen-bond donors (Lipinski definition) is 1. The van der Waals surface area contributed by atoms with Gasteiger partial charge in [-0.3, -0.25) is 0 Å². The fourth-order valence-corrected chi connectivity index (χ4v) is 1.67. The van der Waals surface area contributed by atoms with Crippen molar-refractivity contribution in [2.45, 2.75) is 20.4 Å². The van der Waals surface area contributed by atoms with Gasteiger partial charge >= 0.3 is 0 Å². The molecule has 90 valence electrons. The summed E-state index contributed by atoms with van der Waals surface area (Å²) in [6, 6.07) is 5.66. The molecule has 0 aromatic carbocycles. The molecule has 17 heavy (non-hydrogen) atoms. The second-order valence-corrected chi connectivity index (χ2v) is 4.15. The van der Waals surface area contributed by atoms with Gasteiger partial charge in [0.05, 0.1) is 12.2 Å². The fourth-order valence-electron chi connectivity index (χ4n) is 1.67. The largest absolute Gasteiger partial charge is 0.396 e. The van der Waals surface area contributed by atoms with Crippen LogP contribution in [0.25, 0.3) is 0 Å². The van der Waals surface area contributed by atoms with E-state index in [4.69, 9.17) is 10.3 Å². The van der Waals surface area contributed by atoms with E-state index in [0.29, 0.717) is 12.2 Å². The SMILES string of the molecule is Cc1ccc(N)c(N(C)Cc2cc(C)on2)n1. The first kappa shape index (κ1) is 11.4. The lowest BCUT2D eigenvalue weighted by Gasteiger charge is -2.18. The molecule has 0 saturated carbocycles. The van der Waals surface area contributed by atoms with Crippen molar-refractivity contribution in [2.75, 3.05) is 17.7 Å². The number of aromatic nitrogens is 2. The van der Waals surface area contributed by atoms with E-state index in [-0.39, 0.29) is 0 Å². The van der Waals surface area contributed by atoms with Gasteiger partial charge in [-0.15, -0.1) is 0 Å². The van der Waals surface area contributed by atoms with Crippen LogP contribution in [0.2, 0.25) is 0 Å². The van der Waals surface area contributed by atoms with E-state index in [1.165, 1.54) is 0 Å². The molecule has 0 fully saturated rings. The minimum atomic E-state index is 0.623. The fraction of sp³-hybridized carbons (Fsp3) is 0.333. The number of nitrogens with two attached hydrogens (primary N) is 1. The third kappa shape index (κ3) is 2.55. The maximum atomic E-state index is 5.90. The minimum Gasteiger partial charge on any atom is -0.396 e. The topological polar surface area (TPSA) is 68.2 Å². The van der Waals surface area contributed by atoms with Gasteiger partial charge in [-0.2, -0.15) is 0 Å². The summed E-state index contributed by atoms with van der Waals surface area (Å²) in [5, 5.41) is 3.95. The quantitative estimate of drug-likeness (QED) is 0.875. The summed E-state index contributed by atoms with van der Waals surface area (Å²) in [5.41, 5.74) is 8.38. The van der Waals surface area contributed by atoms with E-state index in [2.05, 4.69) is 10.1 Å². The zero-order valence-corrected chi connectivity index (χ0v) is 10.3. The maximum Gasteiger partial charge on any atom is 0.152 e. The molecule has 2 rings (SSSR count). The minimum absolute atomic E-state index is 0.623. The highest BCUT2D eigenvalue weighted by Gasteiger charge is 2.10. The maximum absolute atomic E-state index is 5.90. The summed E-state index contributed by atoms with van der Waals surface area (Å²) >= 11 is 0. The third-order valence-corrected chi connectivity index (χ3v) is 2.48. The van der Waals surface area contributed by atoms with Gasteiger partial charge in [0.15, 0.2) is 5.82 Å².